The standard InChI is InChI=1S/C13H20N2OSi/c1-13(2,3)17(4,5)16-10-11-6-7-15-12(8-11)9-14/h6-8H,10H2,1-5H3. The summed E-state index contributed by atoms with van der Waals surface area (Å²) < 4.78 is 6.08. The molecule has 0 spiro atoms. The first-order valence-electron chi connectivity index (χ1n) is 5.75. The molecular weight excluding hydrogens is 228 g/mol. The Morgan fingerprint density at radius 2 is 2.06 bits per heavy atom. The van der Waals surface area contributed by atoms with E-state index >= 15 is 0 Å². The maximum Gasteiger partial charge on any atom is 0.192 e. The van der Waals surface area contributed by atoms with E-state index in [2.05, 4.69) is 38.8 Å². The van der Waals surface area contributed by atoms with Gasteiger partial charge in [0.1, 0.15) is 11.8 Å². The first-order chi connectivity index (χ1) is 7.76. The summed E-state index contributed by atoms with van der Waals surface area (Å²) >= 11 is 0. The van der Waals surface area contributed by atoms with Gasteiger partial charge in [-0.15, -0.1) is 0 Å². The van der Waals surface area contributed by atoms with Crippen LogP contribution in [0.4, 0.5) is 0 Å². The molecule has 0 unspecified atom stereocenters. The average molecular weight is 248 g/mol. The Labute approximate surface area is 105 Å². The monoisotopic (exact) mass is 248 g/mol. The van der Waals surface area contributed by atoms with Crippen LogP contribution in [0.15, 0.2) is 18.3 Å². The summed E-state index contributed by atoms with van der Waals surface area (Å²) in [6, 6.07) is 5.72. The number of aromatic nitrogens is 1. The first kappa shape index (κ1) is 13.9. The van der Waals surface area contributed by atoms with Gasteiger partial charge in [-0.2, -0.15) is 5.26 Å². The number of pyridine rings is 1. The molecule has 0 bridgehead atoms. The Morgan fingerprint density at radius 1 is 1.41 bits per heavy atom. The molecule has 0 radical (unpaired) electrons. The second-order valence-corrected chi connectivity index (χ2v) is 10.5. The van der Waals surface area contributed by atoms with E-state index in [-0.39, 0.29) is 5.04 Å². The summed E-state index contributed by atoms with van der Waals surface area (Å²) in [5, 5.41) is 8.98. The molecule has 1 aromatic rings. The number of hydrogen-bond acceptors (Lipinski definition) is 3. The molecule has 0 amide bonds. The minimum absolute atomic E-state index is 0.206. The van der Waals surface area contributed by atoms with Crippen LogP contribution in [-0.2, 0) is 11.0 Å². The Morgan fingerprint density at radius 3 is 2.59 bits per heavy atom. The minimum atomic E-state index is -1.72. The van der Waals surface area contributed by atoms with Crippen molar-refractivity contribution in [2.24, 2.45) is 0 Å². The lowest BCUT2D eigenvalue weighted by Gasteiger charge is -2.36. The molecule has 1 rings (SSSR count). The SMILES string of the molecule is CC(C)(C)[Si](C)(C)OCc1ccnc(C#N)c1. The van der Waals surface area contributed by atoms with Gasteiger partial charge in [0.05, 0.1) is 6.61 Å². The zero-order valence-corrected chi connectivity index (χ0v) is 12.2. The van der Waals surface area contributed by atoms with Gasteiger partial charge >= 0.3 is 0 Å². The van der Waals surface area contributed by atoms with Gasteiger partial charge in [-0.05, 0) is 35.8 Å². The topological polar surface area (TPSA) is 45.9 Å². The summed E-state index contributed by atoms with van der Waals surface area (Å²) in [5.74, 6) is 0. The fourth-order valence-electron chi connectivity index (χ4n) is 1.11. The average Bonchev–Trinajstić information content (AvgIpc) is 2.25. The van der Waals surface area contributed by atoms with Crippen molar-refractivity contribution in [1.29, 1.82) is 5.26 Å². The third-order valence-corrected chi connectivity index (χ3v) is 7.82. The van der Waals surface area contributed by atoms with E-state index in [0.29, 0.717) is 12.3 Å². The largest absolute Gasteiger partial charge is 0.413 e. The Bertz CT molecular complexity index is 430. The smallest absolute Gasteiger partial charge is 0.192 e. The summed E-state index contributed by atoms with van der Waals surface area (Å²) in [6.07, 6.45) is 1.66. The van der Waals surface area contributed by atoms with Crippen molar-refractivity contribution in [1.82, 2.24) is 4.98 Å². The van der Waals surface area contributed by atoms with Crippen molar-refractivity contribution in [3.05, 3.63) is 29.6 Å². The zero-order valence-electron chi connectivity index (χ0n) is 11.2. The molecule has 17 heavy (non-hydrogen) atoms. The molecule has 0 aliphatic rings. The van der Waals surface area contributed by atoms with Gasteiger partial charge in [-0.25, -0.2) is 4.98 Å². The lowest BCUT2D eigenvalue weighted by molar-refractivity contribution is 0.276. The Kier molecular flexibility index (Phi) is 4.07. The van der Waals surface area contributed by atoms with Gasteiger partial charge in [-0.1, -0.05) is 20.8 Å². The lowest BCUT2D eigenvalue weighted by atomic mass is 10.2. The van der Waals surface area contributed by atoms with Gasteiger partial charge in [-0.3, -0.25) is 0 Å². The molecule has 0 aliphatic carbocycles. The van der Waals surface area contributed by atoms with Crippen LogP contribution in [0.25, 0.3) is 0 Å². The third-order valence-electron chi connectivity index (χ3n) is 3.34. The van der Waals surface area contributed by atoms with E-state index in [1.807, 2.05) is 12.1 Å². The predicted molar refractivity (Wildman–Crippen MR) is 70.9 cm³/mol. The van der Waals surface area contributed by atoms with E-state index in [1.54, 1.807) is 12.3 Å². The van der Waals surface area contributed by atoms with Crippen LogP contribution in [0, 0.1) is 11.3 Å². The third kappa shape index (κ3) is 3.65. The van der Waals surface area contributed by atoms with Crippen LogP contribution >= 0.6 is 0 Å². The fraction of sp³-hybridized carbons (Fsp3) is 0.538. The van der Waals surface area contributed by atoms with E-state index < -0.39 is 8.32 Å². The quantitative estimate of drug-likeness (QED) is 0.769. The van der Waals surface area contributed by atoms with Crippen molar-refractivity contribution in [2.75, 3.05) is 0 Å². The highest BCUT2D eigenvalue weighted by Gasteiger charge is 2.36. The van der Waals surface area contributed by atoms with Crippen LogP contribution in [0.1, 0.15) is 32.0 Å². The summed E-state index contributed by atoms with van der Waals surface area (Å²) in [6.45, 7) is 11.7. The number of hydrogen-bond donors (Lipinski definition) is 0. The highest BCUT2D eigenvalue weighted by molar-refractivity contribution is 6.74. The molecule has 1 aromatic heterocycles. The molecule has 0 atom stereocenters. The van der Waals surface area contributed by atoms with Crippen LogP contribution in [0.2, 0.25) is 18.1 Å². The Balaban J connectivity index is 2.71. The molecule has 0 aliphatic heterocycles. The van der Waals surface area contributed by atoms with Crippen LogP contribution in [-0.4, -0.2) is 13.3 Å². The molecule has 92 valence electrons. The van der Waals surface area contributed by atoms with Crippen LogP contribution in [0.3, 0.4) is 0 Å². The summed E-state index contributed by atoms with van der Waals surface area (Å²) in [7, 11) is -1.72. The summed E-state index contributed by atoms with van der Waals surface area (Å²) in [4.78, 5) is 3.95. The second kappa shape index (κ2) is 4.99. The lowest BCUT2D eigenvalue weighted by Crippen LogP contribution is -2.40. The van der Waals surface area contributed by atoms with E-state index in [9.17, 15) is 0 Å². The van der Waals surface area contributed by atoms with Crippen LogP contribution in [0.5, 0.6) is 0 Å². The molecule has 0 fully saturated rings. The second-order valence-electron chi connectivity index (χ2n) is 5.71. The molecule has 3 nitrogen and oxygen atoms in total. The van der Waals surface area contributed by atoms with Crippen molar-refractivity contribution >= 4 is 8.32 Å². The van der Waals surface area contributed by atoms with Gasteiger partial charge in [0.2, 0.25) is 0 Å². The van der Waals surface area contributed by atoms with Crippen molar-refractivity contribution in [3.8, 4) is 6.07 Å². The number of nitrogens with zero attached hydrogens (tertiary/aromatic N) is 2. The van der Waals surface area contributed by atoms with E-state index in [0.717, 1.165) is 5.56 Å². The van der Waals surface area contributed by atoms with Gasteiger partial charge < -0.3 is 4.43 Å². The molecule has 4 heteroatoms. The highest BCUT2D eigenvalue weighted by Crippen LogP contribution is 2.36. The van der Waals surface area contributed by atoms with Crippen LogP contribution < -0.4 is 0 Å². The molecule has 0 aromatic carbocycles. The predicted octanol–water partition coefficient (Wildman–Crippen LogP) is 3.48. The normalized spacial score (nSPS) is 12.2. The first-order valence-corrected chi connectivity index (χ1v) is 8.66. The molecule has 1 heterocycles. The molecular formula is C13H20N2OSi. The van der Waals surface area contributed by atoms with Crippen molar-refractivity contribution in [2.45, 2.75) is 45.5 Å². The van der Waals surface area contributed by atoms with Gasteiger partial charge in [0.25, 0.3) is 0 Å². The number of rotatable bonds is 3. The molecule has 0 N–H and O–H groups in total. The fourth-order valence-corrected chi connectivity index (χ4v) is 2.07. The van der Waals surface area contributed by atoms with Crippen molar-refractivity contribution < 1.29 is 4.43 Å². The summed E-state index contributed by atoms with van der Waals surface area (Å²) in [5.41, 5.74) is 1.46. The zero-order chi connectivity index (χ0) is 13.1. The molecule has 0 saturated heterocycles. The van der Waals surface area contributed by atoms with E-state index in [4.69, 9.17) is 9.69 Å². The van der Waals surface area contributed by atoms with E-state index in [1.165, 1.54) is 0 Å². The maximum atomic E-state index is 8.77. The van der Waals surface area contributed by atoms with Gasteiger partial charge in [0.15, 0.2) is 8.32 Å². The van der Waals surface area contributed by atoms with Gasteiger partial charge in [0, 0.05) is 6.20 Å². The Hall–Kier alpha value is -1.18. The number of nitriles is 1. The maximum absolute atomic E-state index is 8.77. The molecule has 0 saturated carbocycles. The van der Waals surface area contributed by atoms with Crippen molar-refractivity contribution in [3.63, 3.8) is 0 Å². The highest BCUT2D eigenvalue weighted by atomic mass is 28.4. The minimum Gasteiger partial charge on any atom is -0.413 e.